The van der Waals surface area contributed by atoms with E-state index in [-0.39, 0.29) is 11.9 Å². The summed E-state index contributed by atoms with van der Waals surface area (Å²) in [5.41, 5.74) is 3.76. The van der Waals surface area contributed by atoms with E-state index in [1.54, 1.807) is 12.3 Å². The van der Waals surface area contributed by atoms with Crippen molar-refractivity contribution in [2.24, 2.45) is 0 Å². The number of aromatic nitrogens is 2. The van der Waals surface area contributed by atoms with Gasteiger partial charge in [0.2, 0.25) is 5.95 Å². The van der Waals surface area contributed by atoms with Gasteiger partial charge in [-0.25, -0.2) is 9.97 Å². The van der Waals surface area contributed by atoms with Crippen molar-refractivity contribution >= 4 is 17.5 Å². The van der Waals surface area contributed by atoms with E-state index in [0.29, 0.717) is 11.6 Å². The largest absolute Gasteiger partial charge is 0.348 e. The molecule has 0 spiro atoms. The zero-order valence-corrected chi connectivity index (χ0v) is 14.3. The van der Waals surface area contributed by atoms with Crippen LogP contribution >= 0.6 is 0 Å². The summed E-state index contributed by atoms with van der Waals surface area (Å²) in [4.78, 5) is 21.0. The molecule has 1 heterocycles. The number of anilines is 2. The van der Waals surface area contributed by atoms with Gasteiger partial charge in [0, 0.05) is 17.9 Å². The third-order valence-corrected chi connectivity index (χ3v) is 4.59. The van der Waals surface area contributed by atoms with E-state index in [0.717, 1.165) is 18.5 Å². The third kappa shape index (κ3) is 4.10. The summed E-state index contributed by atoms with van der Waals surface area (Å²) >= 11 is 0. The van der Waals surface area contributed by atoms with E-state index in [4.69, 9.17) is 0 Å². The van der Waals surface area contributed by atoms with Crippen LogP contribution in [-0.4, -0.2) is 21.9 Å². The summed E-state index contributed by atoms with van der Waals surface area (Å²) in [6.45, 7) is 4.14. The highest BCUT2D eigenvalue weighted by atomic mass is 16.1. The predicted octanol–water partition coefficient (Wildman–Crippen LogP) is 3.90. The van der Waals surface area contributed by atoms with Crippen LogP contribution in [0.1, 0.15) is 53.7 Å². The Morgan fingerprint density at radius 3 is 2.62 bits per heavy atom. The van der Waals surface area contributed by atoms with E-state index in [1.807, 2.05) is 12.1 Å². The van der Waals surface area contributed by atoms with E-state index >= 15 is 0 Å². The standard InChI is InChI=1S/C19H24N4O/c1-13-8-9-16(12-14(13)2)22-19-20-11-10-17(23-19)18(24)21-15-6-4-3-5-7-15/h8-12,15H,3-7H2,1-2H3,(H,21,24)(H,20,22,23). The number of carbonyl (C=O) groups is 1. The molecular formula is C19H24N4O. The molecule has 5 nitrogen and oxygen atoms in total. The molecule has 3 rings (SSSR count). The summed E-state index contributed by atoms with van der Waals surface area (Å²) in [6.07, 6.45) is 7.38. The van der Waals surface area contributed by atoms with Crippen LogP contribution in [0.15, 0.2) is 30.5 Å². The number of hydrogen-bond acceptors (Lipinski definition) is 4. The number of benzene rings is 1. The van der Waals surface area contributed by atoms with Gasteiger partial charge in [-0.05, 0) is 56.0 Å². The van der Waals surface area contributed by atoms with E-state index < -0.39 is 0 Å². The fourth-order valence-corrected chi connectivity index (χ4v) is 3.00. The van der Waals surface area contributed by atoms with Crippen LogP contribution in [0.4, 0.5) is 11.6 Å². The zero-order chi connectivity index (χ0) is 16.9. The van der Waals surface area contributed by atoms with Crippen molar-refractivity contribution in [2.45, 2.75) is 52.0 Å². The third-order valence-electron chi connectivity index (χ3n) is 4.59. The van der Waals surface area contributed by atoms with Gasteiger partial charge in [0.25, 0.3) is 5.91 Å². The molecule has 1 saturated carbocycles. The molecule has 1 aliphatic rings. The van der Waals surface area contributed by atoms with E-state index in [2.05, 4.69) is 40.5 Å². The molecule has 1 aromatic carbocycles. The summed E-state index contributed by atoms with van der Waals surface area (Å²) in [5.74, 6) is 0.321. The first-order valence-electron chi connectivity index (χ1n) is 8.60. The summed E-state index contributed by atoms with van der Waals surface area (Å²) < 4.78 is 0. The van der Waals surface area contributed by atoms with Crippen molar-refractivity contribution in [1.29, 1.82) is 0 Å². The second-order valence-corrected chi connectivity index (χ2v) is 6.50. The first-order valence-corrected chi connectivity index (χ1v) is 8.60. The van der Waals surface area contributed by atoms with Gasteiger partial charge < -0.3 is 10.6 Å². The molecule has 2 N–H and O–H groups in total. The van der Waals surface area contributed by atoms with Crippen molar-refractivity contribution in [3.63, 3.8) is 0 Å². The molecule has 2 aromatic rings. The molecular weight excluding hydrogens is 300 g/mol. The van der Waals surface area contributed by atoms with Gasteiger partial charge in [0.1, 0.15) is 5.69 Å². The van der Waals surface area contributed by atoms with Crippen molar-refractivity contribution < 1.29 is 4.79 Å². The van der Waals surface area contributed by atoms with Crippen LogP contribution < -0.4 is 10.6 Å². The molecule has 0 bridgehead atoms. The Kier molecular flexibility index (Phi) is 5.08. The number of aryl methyl sites for hydroxylation is 2. The van der Waals surface area contributed by atoms with Gasteiger partial charge in [-0.1, -0.05) is 25.3 Å². The highest BCUT2D eigenvalue weighted by Gasteiger charge is 2.17. The number of amides is 1. The minimum atomic E-state index is -0.118. The fourth-order valence-electron chi connectivity index (χ4n) is 3.00. The summed E-state index contributed by atoms with van der Waals surface area (Å²) in [7, 11) is 0. The average molecular weight is 324 g/mol. The fraction of sp³-hybridized carbons (Fsp3) is 0.421. The number of carbonyl (C=O) groups excluding carboxylic acids is 1. The van der Waals surface area contributed by atoms with Gasteiger partial charge >= 0.3 is 0 Å². The normalized spacial score (nSPS) is 15.1. The van der Waals surface area contributed by atoms with Crippen LogP contribution in [0.5, 0.6) is 0 Å². The van der Waals surface area contributed by atoms with E-state index in [1.165, 1.54) is 30.4 Å². The predicted molar refractivity (Wildman–Crippen MR) is 95.6 cm³/mol. The monoisotopic (exact) mass is 324 g/mol. The number of rotatable bonds is 4. The summed E-state index contributed by atoms with van der Waals surface area (Å²) in [5, 5.41) is 6.25. The highest BCUT2D eigenvalue weighted by molar-refractivity contribution is 5.92. The molecule has 0 saturated heterocycles. The molecule has 0 aliphatic heterocycles. The van der Waals surface area contributed by atoms with Gasteiger partial charge in [-0.3, -0.25) is 4.79 Å². The quantitative estimate of drug-likeness (QED) is 0.895. The Morgan fingerprint density at radius 2 is 1.88 bits per heavy atom. The van der Waals surface area contributed by atoms with Crippen LogP contribution in [0, 0.1) is 13.8 Å². The van der Waals surface area contributed by atoms with Gasteiger partial charge in [-0.2, -0.15) is 0 Å². The maximum Gasteiger partial charge on any atom is 0.270 e. The van der Waals surface area contributed by atoms with Gasteiger partial charge in [0.15, 0.2) is 0 Å². The second kappa shape index (κ2) is 7.43. The Balaban J connectivity index is 1.68. The molecule has 126 valence electrons. The number of hydrogen-bond donors (Lipinski definition) is 2. The first kappa shape index (κ1) is 16.4. The molecule has 0 radical (unpaired) electrons. The van der Waals surface area contributed by atoms with Crippen LogP contribution in [0.3, 0.4) is 0 Å². The first-order chi connectivity index (χ1) is 11.6. The lowest BCUT2D eigenvalue weighted by Crippen LogP contribution is -2.36. The lowest BCUT2D eigenvalue weighted by molar-refractivity contribution is 0.0922. The van der Waals surface area contributed by atoms with Crippen LogP contribution in [-0.2, 0) is 0 Å². The van der Waals surface area contributed by atoms with Gasteiger partial charge in [-0.15, -0.1) is 0 Å². The van der Waals surface area contributed by atoms with Crippen LogP contribution in [0.2, 0.25) is 0 Å². The maximum absolute atomic E-state index is 12.4. The summed E-state index contributed by atoms with van der Waals surface area (Å²) in [6, 6.07) is 8.02. The van der Waals surface area contributed by atoms with Crippen molar-refractivity contribution in [3.8, 4) is 0 Å². The average Bonchev–Trinajstić information content (AvgIpc) is 2.59. The lowest BCUT2D eigenvalue weighted by atomic mass is 9.95. The maximum atomic E-state index is 12.4. The van der Waals surface area contributed by atoms with E-state index in [9.17, 15) is 4.79 Å². The molecule has 0 atom stereocenters. The Bertz CT molecular complexity index is 723. The minimum absolute atomic E-state index is 0.118. The highest BCUT2D eigenvalue weighted by Crippen LogP contribution is 2.19. The molecule has 5 heteroatoms. The zero-order valence-electron chi connectivity index (χ0n) is 14.3. The molecule has 0 unspecified atom stereocenters. The number of nitrogens with zero attached hydrogens (tertiary/aromatic N) is 2. The van der Waals surface area contributed by atoms with Crippen LogP contribution in [0.25, 0.3) is 0 Å². The SMILES string of the molecule is Cc1ccc(Nc2nccc(C(=O)NC3CCCCC3)n2)cc1C. The lowest BCUT2D eigenvalue weighted by Gasteiger charge is -2.22. The molecule has 1 aromatic heterocycles. The minimum Gasteiger partial charge on any atom is -0.348 e. The number of nitrogens with one attached hydrogen (secondary N) is 2. The van der Waals surface area contributed by atoms with Crippen molar-refractivity contribution in [2.75, 3.05) is 5.32 Å². The smallest absolute Gasteiger partial charge is 0.270 e. The molecule has 1 fully saturated rings. The molecule has 24 heavy (non-hydrogen) atoms. The molecule has 1 amide bonds. The van der Waals surface area contributed by atoms with Gasteiger partial charge in [0.05, 0.1) is 0 Å². The Labute approximate surface area is 142 Å². The Hall–Kier alpha value is -2.43. The molecule has 1 aliphatic carbocycles. The van der Waals surface area contributed by atoms with Crippen molar-refractivity contribution in [1.82, 2.24) is 15.3 Å². The van der Waals surface area contributed by atoms with Crippen molar-refractivity contribution in [3.05, 3.63) is 47.3 Å². The Morgan fingerprint density at radius 1 is 1.08 bits per heavy atom. The topological polar surface area (TPSA) is 66.9 Å². The second-order valence-electron chi connectivity index (χ2n) is 6.50.